The molecule has 0 aliphatic heterocycles. The smallest absolute Gasteiger partial charge is 0.159 e. The maximum absolute atomic E-state index is 15.4. The number of fused-ring (bicyclic) bond motifs is 3. The van der Waals surface area contributed by atoms with Gasteiger partial charge in [0.05, 0.1) is 18.0 Å². The number of hydrogen-bond acceptors (Lipinski definition) is 4. The van der Waals surface area contributed by atoms with Crippen LogP contribution in [0, 0.1) is 40.9 Å². The molecule has 3 aliphatic rings. The van der Waals surface area contributed by atoms with Crippen molar-refractivity contribution >= 4 is 5.78 Å². The van der Waals surface area contributed by atoms with Crippen LogP contribution in [0.3, 0.4) is 0 Å². The average Bonchev–Trinajstić information content (AvgIpc) is 3.20. The van der Waals surface area contributed by atoms with Crippen molar-refractivity contribution in [2.75, 3.05) is 0 Å². The van der Waals surface area contributed by atoms with Crippen LogP contribution in [0.15, 0.2) is 12.4 Å². The number of halogens is 1. The molecule has 6 heteroatoms. The average molecular weight is 420 g/mol. The molecule has 1 N–H and O–H groups in total. The molecule has 168 valence electrons. The third kappa shape index (κ3) is 3.74. The highest BCUT2D eigenvalue weighted by Crippen LogP contribution is 2.61. The zero-order valence-electron chi connectivity index (χ0n) is 18.9. The lowest BCUT2D eigenvalue weighted by Crippen LogP contribution is -2.55. The van der Waals surface area contributed by atoms with E-state index in [4.69, 9.17) is 0 Å². The number of alkyl halides is 1. The van der Waals surface area contributed by atoms with Crippen LogP contribution in [0.25, 0.3) is 0 Å². The molecule has 0 aromatic carbocycles. The summed E-state index contributed by atoms with van der Waals surface area (Å²) in [4.78, 5) is 14.6. The molecule has 1 heterocycles. The lowest BCUT2D eigenvalue weighted by molar-refractivity contribution is -0.148. The van der Waals surface area contributed by atoms with Gasteiger partial charge in [0, 0.05) is 5.92 Å². The maximum atomic E-state index is 15.4. The van der Waals surface area contributed by atoms with Crippen molar-refractivity contribution in [2.45, 2.75) is 91.0 Å². The van der Waals surface area contributed by atoms with Gasteiger partial charge in [-0.25, -0.2) is 4.39 Å². The molecule has 1 aromatic rings. The number of Topliss-reactive ketones (excluding diaryl/α,β-unsaturated/α-hetero) is 1. The fraction of sp³-hybridized carbons (Fsp3) is 0.875. The summed E-state index contributed by atoms with van der Waals surface area (Å²) in [6.07, 6.45) is 8.35. The molecule has 30 heavy (non-hydrogen) atoms. The Labute approximate surface area is 179 Å². The largest absolute Gasteiger partial charge is 0.390 e. The molecule has 9 atom stereocenters. The standard InChI is InChI=1S/C24H38FN3O2/c1-5-20-18-12-21(25)19-13-23(3,30)8-6-17(19)16(18)7-9-24(20,4)15(2)22(29)14-28-26-10-11-27-28/h10-11,15-21,30H,5-9,12-14H2,1-4H3/t15-,16-,17-,18-,19-,20+,21-,23-,24-/m1/s1. The monoisotopic (exact) mass is 419 g/mol. The molecule has 5 nitrogen and oxygen atoms in total. The van der Waals surface area contributed by atoms with Gasteiger partial charge in [-0.1, -0.05) is 27.2 Å². The second-order valence-electron chi connectivity index (χ2n) is 11.0. The van der Waals surface area contributed by atoms with E-state index in [1.54, 1.807) is 12.4 Å². The van der Waals surface area contributed by atoms with E-state index < -0.39 is 11.8 Å². The zero-order valence-corrected chi connectivity index (χ0v) is 18.9. The van der Waals surface area contributed by atoms with Gasteiger partial charge in [0.15, 0.2) is 5.78 Å². The van der Waals surface area contributed by atoms with E-state index in [1.807, 2.05) is 6.92 Å². The van der Waals surface area contributed by atoms with Crippen molar-refractivity contribution in [2.24, 2.45) is 40.9 Å². The van der Waals surface area contributed by atoms with Crippen LogP contribution in [-0.4, -0.2) is 37.7 Å². The van der Waals surface area contributed by atoms with Gasteiger partial charge in [-0.05, 0) is 80.5 Å². The summed E-state index contributed by atoms with van der Waals surface area (Å²) < 4.78 is 15.4. The number of hydrogen-bond donors (Lipinski definition) is 1. The highest BCUT2D eigenvalue weighted by atomic mass is 19.1. The summed E-state index contributed by atoms with van der Waals surface area (Å²) in [6, 6.07) is 0. The normalized spacial score (nSPS) is 44.7. The number of aromatic nitrogens is 3. The fourth-order valence-electron chi connectivity index (χ4n) is 7.63. The Balaban J connectivity index is 1.54. The van der Waals surface area contributed by atoms with Crippen LogP contribution in [0.2, 0.25) is 0 Å². The SMILES string of the molecule is CC[C@H]1[C@@H]2C[C@@H](F)[C@@H]3C[C@](C)(O)CC[C@@H]3[C@H]2CC[C@]1(C)[C@H](C)C(=O)Cn1nccn1. The minimum Gasteiger partial charge on any atom is -0.390 e. The number of rotatable bonds is 5. The lowest BCUT2D eigenvalue weighted by atomic mass is 9.46. The molecule has 0 saturated heterocycles. The van der Waals surface area contributed by atoms with Gasteiger partial charge in [0.25, 0.3) is 0 Å². The van der Waals surface area contributed by atoms with Crippen molar-refractivity contribution < 1.29 is 14.3 Å². The Morgan fingerprint density at radius 1 is 1.17 bits per heavy atom. The van der Waals surface area contributed by atoms with Gasteiger partial charge in [-0.3, -0.25) is 4.79 Å². The van der Waals surface area contributed by atoms with Gasteiger partial charge in [0.1, 0.15) is 12.7 Å². The summed E-state index contributed by atoms with van der Waals surface area (Å²) in [5.41, 5.74) is -0.833. The van der Waals surface area contributed by atoms with Crippen molar-refractivity contribution in [1.29, 1.82) is 0 Å². The molecule has 3 aliphatic carbocycles. The van der Waals surface area contributed by atoms with E-state index >= 15 is 4.39 Å². The highest BCUT2D eigenvalue weighted by Gasteiger charge is 2.57. The number of ketones is 1. The maximum Gasteiger partial charge on any atom is 0.159 e. The second-order valence-corrected chi connectivity index (χ2v) is 11.0. The molecule has 3 saturated carbocycles. The molecule has 0 spiro atoms. The van der Waals surface area contributed by atoms with Crippen LogP contribution in [0.1, 0.15) is 72.6 Å². The predicted octanol–water partition coefficient (Wildman–Crippen LogP) is 4.45. The quantitative estimate of drug-likeness (QED) is 0.766. The van der Waals surface area contributed by atoms with E-state index in [0.717, 1.165) is 32.1 Å². The first-order valence-corrected chi connectivity index (χ1v) is 11.9. The minimum atomic E-state index is -0.835. The Hall–Kier alpha value is -1.30. The molecule has 0 amide bonds. The molecule has 0 unspecified atom stereocenters. The van der Waals surface area contributed by atoms with Crippen LogP contribution < -0.4 is 0 Å². The van der Waals surface area contributed by atoms with Crippen molar-refractivity contribution in [3.63, 3.8) is 0 Å². The molecular formula is C24H38FN3O2. The van der Waals surface area contributed by atoms with Crippen LogP contribution in [-0.2, 0) is 11.3 Å². The third-order valence-corrected chi connectivity index (χ3v) is 9.36. The predicted molar refractivity (Wildman–Crippen MR) is 113 cm³/mol. The number of carbonyl (C=O) groups excluding carboxylic acids is 1. The zero-order chi connectivity index (χ0) is 21.7. The number of carbonyl (C=O) groups is 1. The van der Waals surface area contributed by atoms with Gasteiger partial charge >= 0.3 is 0 Å². The van der Waals surface area contributed by atoms with E-state index in [2.05, 4.69) is 31.0 Å². The number of aliphatic hydroxyl groups is 1. The minimum absolute atomic E-state index is 0.00167. The van der Waals surface area contributed by atoms with E-state index in [1.165, 1.54) is 4.80 Å². The van der Waals surface area contributed by atoms with Gasteiger partial charge in [0.2, 0.25) is 0 Å². The molecule has 4 rings (SSSR count). The highest BCUT2D eigenvalue weighted by molar-refractivity contribution is 5.81. The van der Waals surface area contributed by atoms with Crippen molar-refractivity contribution in [1.82, 2.24) is 15.0 Å². The Morgan fingerprint density at radius 3 is 2.47 bits per heavy atom. The molecular weight excluding hydrogens is 381 g/mol. The first kappa shape index (κ1) is 21.9. The van der Waals surface area contributed by atoms with Crippen LogP contribution in [0.5, 0.6) is 0 Å². The number of nitrogens with zero attached hydrogens (tertiary/aromatic N) is 3. The summed E-state index contributed by atoms with van der Waals surface area (Å²) >= 11 is 0. The van der Waals surface area contributed by atoms with E-state index in [0.29, 0.717) is 36.5 Å². The lowest BCUT2D eigenvalue weighted by Gasteiger charge is -2.59. The first-order valence-electron chi connectivity index (χ1n) is 11.9. The van der Waals surface area contributed by atoms with E-state index in [9.17, 15) is 9.90 Å². The molecule has 0 bridgehead atoms. The molecule has 0 radical (unpaired) electrons. The first-order chi connectivity index (χ1) is 14.2. The Bertz CT molecular complexity index is 752. The fourth-order valence-corrected chi connectivity index (χ4v) is 7.63. The summed E-state index contributed by atoms with van der Waals surface area (Å²) in [6.45, 7) is 8.62. The summed E-state index contributed by atoms with van der Waals surface area (Å²) in [7, 11) is 0. The van der Waals surface area contributed by atoms with E-state index in [-0.39, 0.29) is 29.6 Å². The Kier molecular flexibility index (Phi) is 5.84. The second kappa shape index (κ2) is 7.99. The summed E-state index contributed by atoms with van der Waals surface area (Å²) in [5.74, 6) is 1.68. The van der Waals surface area contributed by atoms with Crippen LogP contribution in [0.4, 0.5) is 4.39 Å². The Morgan fingerprint density at radius 2 is 1.80 bits per heavy atom. The van der Waals surface area contributed by atoms with Gasteiger partial charge in [-0.15, -0.1) is 0 Å². The van der Waals surface area contributed by atoms with Gasteiger partial charge in [-0.2, -0.15) is 15.0 Å². The molecule has 1 aromatic heterocycles. The van der Waals surface area contributed by atoms with Crippen molar-refractivity contribution in [3.05, 3.63) is 12.4 Å². The third-order valence-electron chi connectivity index (χ3n) is 9.36. The van der Waals surface area contributed by atoms with Crippen molar-refractivity contribution in [3.8, 4) is 0 Å². The van der Waals surface area contributed by atoms with Crippen LogP contribution >= 0.6 is 0 Å². The summed E-state index contributed by atoms with van der Waals surface area (Å²) in [5, 5.41) is 18.7. The molecule has 3 fully saturated rings. The topological polar surface area (TPSA) is 68.0 Å². The van der Waals surface area contributed by atoms with Gasteiger partial charge < -0.3 is 5.11 Å².